The van der Waals surface area contributed by atoms with E-state index in [9.17, 15) is 9.59 Å². The highest BCUT2D eigenvalue weighted by atomic mass is 16.4. The van der Waals surface area contributed by atoms with Gasteiger partial charge >= 0.3 is 5.76 Å². The Bertz CT molecular complexity index is 577. The second kappa shape index (κ2) is 4.42. The van der Waals surface area contributed by atoms with E-state index in [2.05, 4.69) is 4.99 Å². The van der Waals surface area contributed by atoms with Crippen LogP contribution in [0.2, 0.25) is 0 Å². The topological polar surface area (TPSA) is 64.6 Å². The molecule has 0 spiro atoms. The van der Waals surface area contributed by atoms with Gasteiger partial charge in [0.25, 0.3) is 0 Å². The molecular formula is C11H8N2O3. The lowest BCUT2D eigenvalue weighted by Crippen LogP contribution is -2.10. The highest BCUT2D eigenvalue weighted by Gasteiger charge is 2.06. The minimum Gasteiger partial charge on any atom is -0.411 e. The molecule has 16 heavy (non-hydrogen) atoms. The molecule has 0 aliphatic carbocycles. The summed E-state index contributed by atoms with van der Waals surface area (Å²) >= 11 is 0. The van der Waals surface area contributed by atoms with Crippen LogP contribution in [0.25, 0.3) is 5.69 Å². The average Bonchev–Trinajstić information content (AvgIpc) is 2.69. The molecule has 0 unspecified atom stereocenters. The lowest BCUT2D eigenvalue weighted by Gasteiger charge is -1.96. The summed E-state index contributed by atoms with van der Waals surface area (Å²) in [5.41, 5.74) is 0.706. The summed E-state index contributed by atoms with van der Waals surface area (Å²) < 4.78 is 6.26. The first-order valence-electron chi connectivity index (χ1n) is 4.61. The minimum atomic E-state index is -0.498. The number of hydrogen-bond acceptors (Lipinski definition) is 4. The molecule has 5 heteroatoms. The Morgan fingerprint density at radius 3 is 2.75 bits per heavy atom. The predicted octanol–water partition coefficient (Wildman–Crippen LogP) is 1.27. The zero-order chi connectivity index (χ0) is 11.4. The van der Waals surface area contributed by atoms with E-state index in [4.69, 9.17) is 4.42 Å². The summed E-state index contributed by atoms with van der Waals surface area (Å²) in [5.74, 6) is -0.167. The molecule has 0 atom stereocenters. The average molecular weight is 216 g/mol. The van der Waals surface area contributed by atoms with Gasteiger partial charge in [-0.25, -0.2) is 14.2 Å². The van der Waals surface area contributed by atoms with Crippen molar-refractivity contribution >= 4 is 6.08 Å². The molecule has 0 amide bonds. The lowest BCUT2D eigenvalue weighted by atomic mass is 10.3. The predicted molar refractivity (Wildman–Crippen MR) is 56.1 cm³/mol. The van der Waals surface area contributed by atoms with Gasteiger partial charge in [-0.2, -0.15) is 4.99 Å². The first-order valence-corrected chi connectivity index (χ1v) is 4.61. The Balaban J connectivity index is 2.40. The minimum absolute atomic E-state index is 0.0264. The molecule has 2 rings (SSSR count). The molecule has 5 nitrogen and oxygen atoms in total. The smallest absolute Gasteiger partial charge is 0.411 e. The van der Waals surface area contributed by atoms with Gasteiger partial charge in [-0.1, -0.05) is 18.2 Å². The number of nitrogens with zero attached hydrogens (tertiary/aromatic N) is 2. The van der Waals surface area contributed by atoms with Crippen molar-refractivity contribution in [1.29, 1.82) is 0 Å². The van der Waals surface area contributed by atoms with E-state index in [1.165, 1.54) is 16.8 Å². The summed E-state index contributed by atoms with van der Waals surface area (Å²) in [7, 11) is 0. The fourth-order valence-electron chi connectivity index (χ4n) is 1.34. The number of carbonyl (C=O) groups excluding carboxylic acids is 1. The number of hydrogen-bond donors (Lipinski definition) is 0. The first kappa shape index (κ1) is 10.1. The summed E-state index contributed by atoms with van der Waals surface area (Å²) in [5, 5.41) is 0. The van der Waals surface area contributed by atoms with Crippen LogP contribution in [0.3, 0.4) is 0 Å². The van der Waals surface area contributed by atoms with Crippen LogP contribution in [-0.2, 0) is 11.3 Å². The molecule has 0 saturated heterocycles. The maximum absolute atomic E-state index is 11.5. The Hall–Kier alpha value is -2.39. The van der Waals surface area contributed by atoms with Gasteiger partial charge in [-0.15, -0.1) is 0 Å². The van der Waals surface area contributed by atoms with E-state index in [-0.39, 0.29) is 6.54 Å². The van der Waals surface area contributed by atoms with Crippen LogP contribution in [0, 0.1) is 0 Å². The van der Waals surface area contributed by atoms with Crippen LogP contribution in [-0.4, -0.2) is 10.6 Å². The number of aromatic nitrogens is 1. The molecule has 2 aromatic rings. The van der Waals surface area contributed by atoms with Crippen molar-refractivity contribution in [2.45, 2.75) is 6.54 Å². The molecule has 0 fully saturated rings. The monoisotopic (exact) mass is 216 g/mol. The number of isocyanates is 1. The number of oxazole rings is 1. The van der Waals surface area contributed by atoms with Crippen molar-refractivity contribution < 1.29 is 9.21 Å². The second-order valence-electron chi connectivity index (χ2n) is 3.08. The van der Waals surface area contributed by atoms with Gasteiger partial charge in [0, 0.05) is 0 Å². The Kier molecular flexibility index (Phi) is 2.80. The number of para-hydroxylation sites is 1. The van der Waals surface area contributed by atoms with Gasteiger partial charge in [0.2, 0.25) is 6.08 Å². The molecule has 0 N–H and O–H groups in total. The molecule has 1 aromatic heterocycles. The third-order valence-corrected chi connectivity index (χ3v) is 2.02. The molecular weight excluding hydrogens is 208 g/mol. The zero-order valence-corrected chi connectivity index (χ0v) is 8.29. The fraction of sp³-hybridized carbons (Fsp3) is 0.0909. The van der Waals surface area contributed by atoms with E-state index in [1.54, 1.807) is 12.1 Å². The van der Waals surface area contributed by atoms with Crippen molar-refractivity contribution in [1.82, 2.24) is 4.57 Å². The summed E-state index contributed by atoms with van der Waals surface area (Å²) in [6.45, 7) is 0.0264. The van der Waals surface area contributed by atoms with Crippen LogP contribution in [0.4, 0.5) is 0 Å². The molecule has 0 saturated carbocycles. The Morgan fingerprint density at radius 2 is 2.06 bits per heavy atom. The maximum Gasteiger partial charge on any atom is 0.423 e. The molecule has 0 bridgehead atoms. The first-order chi connectivity index (χ1) is 7.81. The molecule has 1 heterocycles. The normalized spacial score (nSPS) is 9.75. The Morgan fingerprint density at radius 1 is 1.31 bits per heavy atom. The third-order valence-electron chi connectivity index (χ3n) is 2.02. The van der Waals surface area contributed by atoms with Crippen LogP contribution in [0.5, 0.6) is 0 Å². The molecule has 0 aliphatic heterocycles. The lowest BCUT2D eigenvalue weighted by molar-refractivity contribution is 0.462. The van der Waals surface area contributed by atoms with Gasteiger partial charge in [0.1, 0.15) is 12.3 Å². The van der Waals surface area contributed by atoms with Gasteiger partial charge in [0.15, 0.2) is 0 Å². The van der Waals surface area contributed by atoms with Gasteiger partial charge in [-0.3, -0.25) is 0 Å². The van der Waals surface area contributed by atoms with Crippen molar-refractivity contribution in [3.05, 3.63) is 52.8 Å². The summed E-state index contributed by atoms with van der Waals surface area (Å²) in [4.78, 5) is 24.7. The van der Waals surface area contributed by atoms with Crippen LogP contribution >= 0.6 is 0 Å². The maximum atomic E-state index is 11.5. The van der Waals surface area contributed by atoms with Crippen molar-refractivity contribution in [2.75, 3.05) is 0 Å². The van der Waals surface area contributed by atoms with Crippen LogP contribution in [0.1, 0.15) is 5.76 Å². The van der Waals surface area contributed by atoms with Crippen molar-refractivity contribution in [3.63, 3.8) is 0 Å². The molecule has 0 aliphatic rings. The van der Waals surface area contributed by atoms with Crippen LogP contribution in [0.15, 0.2) is 50.7 Å². The fourth-order valence-corrected chi connectivity index (χ4v) is 1.34. The number of rotatable bonds is 3. The highest BCUT2D eigenvalue weighted by Crippen LogP contribution is 2.06. The second-order valence-corrected chi connectivity index (χ2v) is 3.08. The van der Waals surface area contributed by atoms with E-state index in [0.29, 0.717) is 11.4 Å². The highest BCUT2D eigenvalue weighted by molar-refractivity contribution is 5.33. The standard InChI is InChI=1S/C11H8N2O3/c14-8-12-6-10-7-13(11(15)16-10)9-4-2-1-3-5-9/h1-5,7H,6H2. The zero-order valence-electron chi connectivity index (χ0n) is 8.29. The quantitative estimate of drug-likeness (QED) is 0.573. The molecule has 80 valence electrons. The van der Waals surface area contributed by atoms with E-state index in [0.717, 1.165) is 0 Å². The third kappa shape index (κ3) is 1.99. The van der Waals surface area contributed by atoms with Gasteiger partial charge in [0.05, 0.1) is 11.9 Å². The molecule has 1 aromatic carbocycles. The SMILES string of the molecule is O=C=NCc1cn(-c2ccccc2)c(=O)o1. The number of aliphatic imine (C=N–C) groups is 1. The summed E-state index contributed by atoms with van der Waals surface area (Å²) in [6, 6.07) is 9.05. The molecule has 0 radical (unpaired) electrons. The van der Waals surface area contributed by atoms with E-state index < -0.39 is 5.76 Å². The van der Waals surface area contributed by atoms with Gasteiger partial charge in [-0.05, 0) is 12.1 Å². The van der Waals surface area contributed by atoms with Gasteiger partial charge < -0.3 is 4.42 Å². The Labute approximate surface area is 90.7 Å². The van der Waals surface area contributed by atoms with E-state index in [1.807, 2.05) is 18.2 Å². The van der Waals surface area contributed by atoms with Crippen LogP contribution < -0.4 is 5.76 Å². The number of benzene rings is 1. The van der Waals surface area contributed by atoms with Crippen molar-refractivity contribution in [3.8, 4) is 5.69 Å². The summed E-state index contributed by atoms with van der Waals surface area (Å²) in [6.07, 6.45) is 2.90. The largest absolute Gasteiger partial charge is 0.423 e. The van der Waals surface area contributed by atoms with Crippen molar-refractivity contribution in [2.24, 2.45) is 4.99 Å². The van der Waals surface area contributed by atoms with E-state index >= 15 is 0 Å².